The number of unbranched alkanes of at least 4 members (excludes halogenated alkanes) is 2. The fraction of sp³-hybridized carbons (Fsp3) is 0.250. The molecule has 1 heterocycles. The minimum absolute atomic E-state index is 0.140. The molecule has 0 fully saturated rings. The summed E-state index contributed by atoms with van der Waals surface area (Å²) in [4.78, 5) is 26.7. The average molecular weight is 385 g/mol. The number of hydrogen-bond donors (Lipinski definition) is 3. The minimum atomic E-state index is -0.810. The van der Waals surface area contributed by atoms with Crippen LogP contribution in [0.1, 0.15) is 25.7 Å². The lowest BCUT2D eigenvalue weighted by molar-refractivity contribution is -0.137. The zero-order chi connectivity index (χ0) is 19.9. The minimum Gasteiger partial charge on any atom is -0.481 e. The van der Waals surface area contributed by atoms with Gasteiger partial charge in [0.15, 0.2) is 5.58 Å². The molecule has 7 nitrogen and oxygen atoms in total. The van der Waals surface area contributed by atoms with E-state index < -0.39 is 11.8 Å². The largest absolute Gasteiger partial charge is 0.481 e. The van der Waals surface area contributed by atoms with Gasteiger partial charge in [-0.3, -0.25) is 4.79 Å². The Morgan fingerprint density at radius 2 is 1.96 bits per heavy atom. The molecule has 3 N–H and O–H groups in total. The normalized spacial score (nSPS) is 10.8. The van der Waals surface area contributed by atoms with Crippen molar-refractivity contribution in [3.8, 4) is 11.5 Å². The van der Waals surface area contributed by atoms with Crippen LogP contribution in [0.15, 0.2) is 46.9 Å². The molecule has 146 valence electrons. The molecule has 0 aliphatic heterocycles. The van der Waals surface area contributed by atoms with E-state index in [1.807, 2.05) is 0 Å². The van der Waals surface area contributed by atoms with Gasteiger partial charge in [-0.2, -0.15) is 0 Å². The number of hydrogen-bond acceptors (Lipinski definition) is 4. The third-order valence-electron chi connectivity index (χ3n) is 4.07. The van der Waals surface area contributed by atoms with Crippen LogP contribution >= 0.6 is 0 Å². The lowest BCUT2D eigenvalue weighted by Crippen LogP contribution is -2.29. The van der Waals surface area contributed by atoms with E-state index >= 15 is 0 Å². The molecule has 0 radical (unpaired) electrons. The Hall–Kier alpha value is -3.42. The first-order valence-corrected chi connectivity index (χ1v) is 8.94. The highest BCUT2D eigenvalue weighted by Crippen LogP contribution is 2.26. The molecular formula is C20H20FN3O4. The molecule has 0 atom stereocenters. The molecule has 0 spiro atoms. The van der Waals surface area contributed by atoms with Crippen LogP contribution in [0.4, 0.5) is 14.9 Å². The standard InChI is InChI=1S/C20H20FN3O4/c21-14-8-9-16-17(12-14)28-19(24-16)13-5-4-6-15(11-13)23-20(27)22-10-3-1-2-7-18(25)26/h4-6,8-9,11-12H,1-3,7,10H2,(H,25,26)(H2,22,23,27). The van der Waals surface area contributed by atoms with Crippen molar-refractivity contribution < 1.29 is 23.5 Å². The molecule has 3 aromatic rings. The first-order valence-electron chi connectivity index (χ1n) is 8.94. The second kappa shape index (κ2) is 8.98. The number of nitrogens with one attached hydrogen (secondary N) is 2. The highest BCUT2D eigenvalue weighted by Gasteiger charge is 2.10. The maximum Gasteiger partial charge on any atom is 0.319 e. The number of carbonyl (C=O) groups excluding carboxylic acids is 1. The number of carboxylic acid groups (broad SMARTS) is 1. The monoisotopic (exact) mass is 385 g/mol. The molecule has 0 aliphatic rings. The number of carboxylic acids is 1. The SMILES string of the molecule is O=C(O)CCCCCNC(=O)Nc1cccc(-c2nc3ccc(F)cc3o2)c1. The van der Waals surface area contributed by atoms with Gasteiger partial charge in [0, 0.05) is 30.3 Å². The maximum absolute atomic E-state index is 13.3. The van der Waals surface area contributed by atoms with Crippen molar-refractivity contribution >= 4 is 28.8 Å². The van der Waals surface area contributed by atoms with E-state index in [1.54, 1.807) is 30.3 Å². The summed E-state index contributed by atoms with van der Waals surface area (Å²) in [5, 5.41) is 14.0. The smallest absolute Gasteiger partial charge is 0.319 e. The fourth-order valence-electron chi connectivity index (χ4n) is 2.71. The summed E-state index contributed by atoms with van der Waals surface area (Å²) in [5.41, 5.74) is 2.13. The summed E-state index contributed by atoms with van der Waals surface area (Å²) in [7, 11) is 0. The van der Waals surface area contributed by atoms with Crippen LogP contribution in [-0.2, 0) is 4.79 Å². The second-order valence-electron chi connectivity index (χ2n) is 6.30. The van der Waals surface area contributed by atoms with Crippen molar-refractivity contribution in [3.63, 3.8) is 0 Å². The highest BCUT2D eigenvalue weighted by atomic mass is 19.1. The molecule has 28 heavy (non-hydrogen) atoms. The molecule has 0 bridgehead atoms. The molecule has 0 unspecified atom stereocenters. The number of oxazole rings is 1. The number of anilines is 1. The molecule has 3 rings (SSSR count). The number of benzene rings is 2. The number of urea groups is 1. The summed E-state index contributed by atoms with van der Waals surface area (Å²) in [6, 6.07) is 10.8. The Labute approximate surface area is 160 Å². The Balaban J connectivity index is 1.55. The van der Waals surface area contributed by atoms with Gasteiger partial charge in [0.2, 0.25) is 5.89 Å². The summed E-state index contributed by atoms with van der Waals surface area (Å²) >= 11 is 0. The predicted octanol–water partition coefficient (Wildman–Crippen LogP) is 4.40. The van der Waals surface area contributed by atoms with Crippen LogP contribution in [0.2, 0.25) is 0 Å². The van der Waals surface area contributed by atoms with E-state index in [0.29, 0.717) is 47.6 Å². The van der Waals surface area contributed by atoms with Gasteiger partial charge < -0.3 is 20.2 Å². The third-order valence-corrected chi connectivity index (χ3v) is 4.07. The van der Waals surface area contributed by atoms with E-state index in [4.69, 9.17) is 9.52 Å². The van der Waals surface area contributed by atoms with E-state index in [2.05, 4.69) is 15.6 Å². The number of amides is 2. The van der Waals surface area contributed by atoms with Crippen molar-refractivity contribution in [2.24, 2.45) is 0 Å². The number of aromatic nitrogens is 1. The second-order valence-corrected chi connectivity index (χ2v) is 6.30. The van der Waals surface area contributed by atoms with Crippen LogP contribution in [0.5, 0.6) is 0 Å². The molecule has 0 saturated heterocycles. The molecule has 2 aromatic carbocycles. The van der Waals surface area contributed by atoms with Crippen molar-refractivity contribution in [2.75, 3.05) is 11.9 Å². The fourth-order valence-corrected chi connectivity index (χ4v) is 2.71. The Kier molecular flexibility index (Phi) is 6.21. The molecule has 2 amide bonds. The molecule has 0 aliphatic carbocycles. The summed E-state index contributed by atoms with van der Waals surface area (Å²) < 4.78 is 18.9. The average Bonchev–Trinajstić information content (AvgIpc) is 3.08. The van der Waals surface area contributed by atoms with Gasteiger partial charge in [-0.05, 0) is 43.2 Å². The van der Waals surface area contributed by atoms with Crippen molar-refractivity contribution in [2.45, 2.75) is 25.7 Å². The number of carbonyl (C=O) groups is 2. The van der Waals surface area contributed by atoms with E-state index in [1.165, 1.54) is 12.1 Å². The van der Waals surface area contributed by atoms with Gasteiger partial charge in [0.25, 0.3) is 0 Å². The Morgan fingerprint density at radius 3 is 2.79 bits per heavy atom. The van der Waals surface area contributed by atoms with Gasteiger partial charge in [-0.1, -0.05) is 12.5 Å². The van der Waals surface area contributed by atoms with Crippen LogP contribution in [0.25, 0.3) is 22.6 Å². The molecule has 1 aromatic heterocycles. The zero-order valence-electron chi connectivity index (χ0n) is 15.1. The summed E-state index contributed by atoms with van der Waals surface area (Å²) in [5.74, 6) is -0.872. The lowest BCUT2D eigenvalue weighted by Gasteiger charge is -2.08. The number of aliphatic carboxylic acids is 1. The van der Waals surface area contributed by atoms with Crippen LogP contribution in [0.3, 0.4) is 0 Å². The predicted molar refractivity (Wildman–Crippen MR) is 103 cm³/mol. The molecule has 0 saturated carbocycles. The third kappa shape index (κ3) is 5.29. The van der Waals surface area contributed by atoms with E-state index in [9.17, 15) is 14.0 Å². The molecule has 8 heteroatoms. The number of rotatable bonds is 8. The number of nitrogens with zero attached hydrogens (tertiary/aromatic N) is 1. The first kappa shape index (κ1) is 19.3. The van der Waals surface area contributed by atoms with Crippen LogP contribution < -0.4 is 10.6 Å². The maximum atomic E-state index is 13.3. The topological polar surface area (TPSA) is 104 Å². The van der Waals surface area contributed by atoms with E-state index in [-0.39, 0.29) is 12.5 Å². The number of halogens is 1. The van der Waals surface area contributed by atoms with Crippen LogP contribution in [0, 0.1) is 5.82 Å². The quantitative estimate of drug-likeness (QED) is 0.499. The lowest BCUT2D eigenvalue weighted by atomic mass is 10.2. The number of fused-ring (bicyclic) bond motifs is 1. The summed E-state index contributed by atoms with van der Waals surface area (Å²) in [6.07, 6.45) is 2.18. The zero-order valence-corrected chi connectivity index (χ0v) is 15.1. The van der Waals surface area contributed by atoms with Gasteiger partial charge in [-0.25, -0.2) is 14.2 Å². The van der Waals surface area contributed by atoms with Crippen molar-refractivity contribution in [1.29, 1.82) is 0 Å². The molecular weight excluding hydrogens is 365 g/mol. The van der Waals surface area contributed by atoms with Crippen molar-refractivity contribution in [1.82, 2.24) is 10.3 Å². The highest BCUT2D eigenvalue weighted by molar-refractivity contribution is 5.90. The van der Waals surface area contributed by atoms with Crippen LogP contribution in [-0.4, -0.2) is 28.6 Å². The van der Waals surface area contributed by atoms with Crippen molar-refractivity contribution in [3.05, 3.63) is 48.3 Å². The first-order chi connectivity index (χ1) is 13.5. The summed E-state index contributed by atoms with van der Waals surface area (Å²) in [6.45, 7) is 0.460. The van der Waals surface area contributed by atoms with E-state index in [0.717, 1.165) is 6.42 Å². The van der Waals surface area contributed by atoms with Gasteiger partial charge >= 0.3 is 12.0 Å². The Bertz CT molecular complexity index is 986. The van der Waals surface area contributed by atoms with Gasteiger partial charge in [0.05, 0.1) is 0 Å². The Morgan fingerprint density at radius 1 is 1.11 bits per heavy atom. The van der Waals surface area contributed by atoms with Gasteiger partial charge in [-0.15, -0.1) is 0 Å². The van der Waals surface area contributed by atoms with Gasteiger partial charge in [0.1, 0.15) is 11.3 Å².